The Morgan fingerprint density at radius 2 is 1.81 bits per heavy atom. The van der Waals surface area contributed by atoms with E-state index in [0.717, 1.165) is 11.3 Å². The summed E-state index contributed by atoms with van der Waals surface area (Å²) in [5.74, 6) is -1.59. The second-order valence-corrected chi connectivity index (χ2v) is 7.69. The predicted molar refractivity (Wildman–Crippen MR) is 113 cm³/mol. The number of hydrogen-bond donors (Lipinski definition) is 3. The van der Waals surface area contributed by atoms with Crippen LogP contribution in [0.25, 0.3) is 5.69 Å². The van der Waals surface area contributed by atoms with Crippen LogP contribution in [-0.4, -0.2) is 58.9 Å². The van der Waals surface area contributed by atoms with Crippen LogP contribution in [0.3, 0.4) is 0 Å². The second kappa shape index (κ2) is 8.85. The van der Waals surface area contributed by atoms with Crippen molar-refractivity contribution in [1.82, 2.24) is 30.0 Å². The number of carbonyl (C=O) groups is 2. The van der Waals surface area contributed by atoms with E-state index in [1.54, 1.807) is 24.7 Å². The Morgan fingerprint density at radius 3 is 2.47 bits per heavy atom. The maximum atomic E-state index is 12.7. The zero-order valence-electron chi connectivity index (χ0n) is 17.7. The highest BCUT2D eigenvalue weighted by molar-refractivity contribution is 5.91. The summed E-state index contributed by atoms with van der Waals surface area (Å²) in [5, 5.41) is 27.5. The van der Waals surface area contributed by atoms with Crippen LogP contribution in [0.2, 0.25) is 0 Å². The third kappa shape index (κ3) is 4.10. The SMILES string of the molecule is CC1c2nccnc2CN1C(=O)[C@H](O)[C@@H](O)C(=O)N[C@H](C)c1ccc(-n2cccn2)cc1. The minimum absolute atomic E-state index is 0.160. The topological polar surface area (TPSA) is 133 Å². The molecule has 4 rings (SSSR count). The van der Waals surface area contributed by atoms with Gasteiger partial charge in [-0.2, -0.15) is 5.10 Å². The Kier molecular flexibility index (Phi) is 5.97. The highest BCUT2D eigenvalue weighted by atomic mass is 16.3. The van der Waals surface area contributed by atoms with Crippen molar-refractivity contribution < 1.29 is 19.8 Å². The van der Waals surface area contributed by atoms with E-state index in [9.17, 15) is 19.8 Å². The van der Waals surface area contributed by atoms with Gasteiger partial charge < -0.3 is 20.4 Å². The van der Waals surface area contributed by atoms with Crippen molar-refractivity contribution in [2.75, 3.05) is 0 Å². The molecule has 0 bridgehead atoms. The molecule has 3 aromatic rings. The van der Waals surface area contributed by atoms with Crippen molar-refractivity contribution >= 4 is 11.8 Å². The minimum Gasteiger partial charge on any atom is -0.380 e. The van der Waals surface area contributed by atoms with Crippen molar-refractivity contribution in [1.29, 1.82) is 0 Å². The van der Waals surface area contributed by atoms with Crippen LogP contribution < -0.4 is 5.32 Å². The van der Waals surface area contributed by atoms with E-state index >= 15 is 0 Å². The lowest BCUT2D eigenvalue weighted by Gasteiger charge is -2.26. The Bertz CT molecular complexity index is 1100. The van der Waals surface area contributed by atoms with Gasteiger partial charge in [0.1, 0.15) is 0 Å². The van der Waals surface area contributed by atoms with Crippen LogP contribution in [0.1, 0.15) is 42.9 Å². The van der Waals surface area contributed by atoms with Crippen molar-refractivity contribution in [3.8, 4) is 5.69 Å². The van der Waals surface area contributed by atoms with Gasteiger partial charge in [0.25, 0.3) is 11.8 Å². The van der Waals surface area contributed by atoms with E-state index < -0.39 is 36.1 Å². The van der Waals surface area contributed by atoms with Gasteiger partial charge in [0, 0.05) is 24.8 Å². The van der Waals surface area contributed by atoms with Crippen molar-refractivity contribution in [2.24, 2.45) is 0 Å². The molecule has 0 fully saturated rings. The standard InChI is InChI=1S/C22H24N6O4/c1-13(15-4-6-16(7-5-15)28-11-3-8-25-28)26-21(31)19(29)20(30)22(32)27-12-17-18(14(27)2)24-10-9-23-17/h3-11,13-14,19-20,29-30H,12H2,1-2H3,(H,26,31)/t13-,14?,19-,20-/m1/s1. The van der Waals surface area contributed by atoms with Gasteiger partial charge in [0.05, 0.1) is 35.7 Å². The lowest BCUT2D eigenvalue weighted by molar-refractivity contribution is -0.155. The number of aliphatic hydroxyl groups is 2. The van der Waals surface area contributed by atoms with Gasteiger partial charge in [-0.05, 0) is 37.6 Å². The van der Waals surface area contributed by atoms with E-state index in [4.69, 9.17) is 0 Å². The summed E-state index contributed by atoms with van der Waals surface area (Å²) < 4.78 is 1.71. The summed E-state index contributed by atoms with van der Waals surface area (Å²) in [6.07, 6.45) is 2.75. The molecule has 1 aliphatic heterocycles. The van der Waals surface area contributed by atoms with E-state index in [1.807, 2.05) is 36.5 Å². The molecule has 10 heteroatoms. The predicted octanol–water partition coefficient (Wildman–Crippen LogP) is 0.665. The summed E-state index contributed by atoms with van der Waals surface area (Å²) in [6, 6.07) is 8.33. The Labute approximate surface area is 184 Å². The van der Waals surface area contributed by atoms with Crippen molar-refractivity contribution in [2.45, 2.75) is 44.7 Å². The van der Waals surface area contributed by atoms with Crippen LogP contribution in [0.15, 0.2) is 55.1 Å². The summed E-state index contributed by atoms with van der Waals surface area (Å²) in [6.45, 7) is 3.67. The molecule has 0 spiro atoms. The number of rotatable bonds is 6. The van der Waals surface area contributed by atoms with E-state index in [0.29, 0.717) is 11.4 Å². The summed E-state index contributed by atoms with van der Waals surface area (Å²) in [4.78, 5) is 35.0. The molecule has 1 aliphatic rings. The van der Waals surface area contributed by atoms with E-state index in [2.05, 4.69) is 20.4 Å². The first-order valence-electron chi connectivity index (χ1n) is 10.2. The summed E-state index contributed by atoms with van der Waals surface area (Å²) in [5.41, 5.74) is 2.93. The molecule has 2 amide bonds. The second-order valence-electron chi connectivity index (χ2n) is 7.69. The smallest absolute Gasteiger partial charge is 0.255 e. The molecule has 1 aromatic carbocycles. The van der Waals surface area contributed by atoms with Crippen LogP contribution in [0, 0.1) is 0 Å². The summed E-state index contributed by atoms with van der Waals surface area (Å²) >= 11 is 0. The molecule has 0 radical (unpaired) electrons. The first-order valence-corrected chi connectivity index (χ1v) is 10.2. The van der Waals surface area contributed by atoms with Gasteiger partial charge in [-0.15, -0.1) is 0 Å². The molecule has 0 aliphatic carbocycles. The van der Waals surface area contributed by atoms with Gasteiger partial charge in [0.2, 0.25) is 0 Å². The van der Waals surface area contributed by atoms with Crippen LogP contribution >= 0.6 is 0 Å². The lowest BCUT2D eigenvalue weighted by Crippen LogP contribution is -2.50. The maximum absolute atomic E-state index is 12.7. The number of hydrogen-bond acceptors (Lipinski definition) is 7. The fraction of sp³-hybridized carbons (Fsp3) is 0.318. The molecular weight excluding hydrogens is 412 g/mol. The molecule has 3 N–H and O–H groups in total. The normalized spacial score (nSPS) is 18.0. The molecular formula is C22H24N6O4. The minimum atomic E-state index is -1.91. The number of nitrogens with zero attached hydrogens (tertiary/aromatic N) is 5. The monoisotopic (exact) mass is 436 g/mol. The number of fused-ring (bicyclic) bond motifs is 1. The molecule has 32 heavy (non-hydrogen) atoms. The third-order valence-corrected chi connectivity index (χ3v) is 5.61. The highest BCUT2D eigenvalue weighted by Gasteiger charge is 2.39. The highest BCUT2D eigenvalue weighted by Crippen LogP contribution is 2.30. The van der Waals surface area contributed by atoms with Gasteiger partial charge in [-0.1, -0.05) is 12.1 Å². The quantitative estimate of drug-likeness (QED) is 0.517. The first kappa shape index (κ1) is 21.6. The Hall–Kier alpha value is -3.63. The third-order valence-electron chi connectivity index (χ3n) is 5.61. The molecule has 0 saturated carbocycles. The number of amides is 2. The van der Waals surface area contributed by atoms with Gasteiger partial charge in [0.15, 0.2) is 12.2 Å². The molecule has 3 heterocycles. The lowest BCUT2D eigenvalue weighted by atomic mass is 10.1. The van der Waals surface area contributed by atoms with Crippen LogP contribution in [-0.2, 0) is 16.1 Å². The molecule has 166 valence electrons. The zero-order chi connectivity index (χ0) is 22.8. The average molecular weight is 436 g/mol. The zero-order valence-corrected chi connectivity index (χ0v) is 17.7. The van der Waals surface area contributed by atoms with Gasteiger partial charge >= 0.3 is 0 Å². The van der Waals surface area contributed by atoms with Crippen molar-refractivity contribution in [3.05, 3.63) is 72.1 Å². The Balaban J connectivity index is 1.37. The molecule has 0 saturated heterocycles. The van der Waals surface area contributed by atoms with Crippen molar-refractivity contribution in [3.63, 3.8) is 0 Å². The fourth-order valence-electron chi connectivity index (χ4n) is 3.73. The van der Waals surface area contributed by atoms with Crippen LogP contribution in [0.4, 0.5) is 0 Å². The van der Waals surface area contributed by atoms with Gasteiger partial charge in [-0.25, -0.2) is 4.68 Å². The summed E-state index contributed by atoms with van der Waals surface area (Å²) in [7, 11) is 0. The number of aromatic nitrogens is 4. The van der Waals surface area contributed by atoms with Gasteiger partial charge in [-0.3, -0.25) is 19.6 Å². The Morgan fingerprint density at radius 1 is 1.09 bits per heavy atom. The first-order chi connectivity index (χ1) is 15.4. The van der Waals surface area contributed by atoms with Crippen LogP contribution in [0.5, 0.6) is 0 Å². The largest absolute Gasteiger partial charge is 0.380 e. The number of aliphatic hydroxyl groups excluding tert-OH is 2. The molecule has 1 unspecified atom stereocenters. The fourth-order valence-corrected chi connectivity index (χ4v) is 3.73. The van der Waals surface area contributed by atoms with E-state index in [1.165, 1.54) is 17.3 Å². The maximum Gasteiger partial charge on any atom is 0.255 e. The molecule has 4 atom stereocenters. The molecule has 10 nitrogen and oxygen atoms in total. The molecule has 2 aromatic heterocycles. The van der Waals surface area contributed by atoms with E-state index in [-0.39, 0.29) is 6.54 Å². The number of benzene rings is 1. The average Bonchev–Trinajstić information content (AvgIpc) is 3.46. The number of nitrogens with one attached hydrogen (secondary N) is 1. The number of carbonyl (C=O) groups excluding carboxylic acids is 2.